The average molecular weight is 324 g/mol. The number of anilines is 2. The van der Waals surface area contributed by atoms with E-state index in [0.717, 1.165) is 41.9 Å². The molecule has 0 radical (unpaired) electrons. The minimum absolute atomic E-state index is 0.170. The molecule has 1 N–H and O–H groups in total. The fraction of sp³-hybridized carbons (Fsp3) is 0.474. The van der Waals surface area contributed by atoms with Gasteiger partial charge in [0, 0.05) is 37.6 Å². The number of nitrogens with one attached hydrogen (secondary N) is 1. The molecule has 0 atom stereocenters. The molecule has 0 aliphatic heterocycles. The maximum atomic E-state index is 13.0. The lowest BCUT2D eigenvalue weighted by Crippen LogP contribution is -2.34. The molecular weight excluding hydrogens is 300 g/mol. The third-order valence-electron chi connectivity index (χ3n) is 4.74. The summed E-state index contributed by atoms with van der Waals surface area (Å²) in [5.74, 6) is 1.62. The van der Waals surface area contributed by atoms with Crippen LogP contribution in [0.3, 0.4) is 0 Å². The number of aryl methyl sites for hydroxylation is 1. The minimum atomic E-state index is 0.170. The van der Waals surface area contributed by atoms with Crippen molar-refractivity contribution in [2.75, 3.05) is 18.4 Å². The van der Waals surface area contributed by atoms with Gasteiger partial charge < -0.3 is 10.2 Å². The van der Waals surface area contributed by atoms with Gasteiger partial charge in [0.2, 0.25) is 0 Å². The Balaban J connectivity index is 1.48. The quantitative estimate of drug-likeness (QED) is 0.849. The van der Waals surface area contributed by atoms with Gasteiger partial charge in [-0.2, -0.15) is 5.10 Å². The second kappa shape index (κ2) is 6.30. The highest BCUT2D eigenvalue weighted by Crippen LogP contribution is 2.34. The number of hydrogen-bond acceptors (Lipinski definition) is 3. The molecule has 2 aliphatic rings. The number of carbonyl (C=O) groups is 1. The number of carbonyl (C=O) groups excluding carboxylic acids is 1. The van der Waals surface area contributed by atoms with Gasteiger partial charge in [-0.15, -0.1) is 0 Å². The molecule has 126 valence electrons. The summed E-state index contributed by atoms with van der Waals surface area (Å²) in [5, 5.41) is 7.47. The Bertz CT molecular complexity index is 716. The van der Waals surface area contributed by atoms with E-state index in [4.69, 9.17) is 0 Å². The van der Waals surface area contributed by atoms with Crippen molar-refractivity contribution in [3.05, 3.63) is 42.2 Å². The third-order valence-corrected chi connectivity index (χ3v) is 4.74. The van der Waals surface area contributed by atoms with Crippen LogP contribution in [0.4, 0.5) is 11.4 Å². The Hall–Kier alpha value is -2.30. The maximum absolute atomic E-state index is 13.0. The Kier molecular flexibility index (Phi) is 4.00. The van der Waals surface area contributed by atoms with Gasteiger partial charge in [0.25, 0.3) is 5.91 Å². The lowest BCUT2D eigenvalue weighted by molar-refractivity contribution is 0.0739. The molecule has 0 spiro atoms. The molecule has 2 aliphatic carbocycles. The summed E-state index contributed by atoms with van der Waals surface area (Å²) in [6.45, 7) is 1.85. The van der Waals surface area contributed by atoms with Gasteiger partial charge in [-0.25, -0.2) is 0 Å². The standard InChI is InChI=1S/C19H24N4O/c1-22-13-18(10-20-22)21-17-4-2-3-16(9-17)19(24)23(11-14-5-6-14)12-15-7-8-15/h2-4,9-10,13-15,21H,5-8,11-12H2,1H3. The first-order valence-electron chi connectivity index (χ1n) is 8.82. The zero-order chi connectivity index (χ0) is 16.5. The molecule has 2 saturated carbocycles. The Labute approximate surface area is 142 Å². The second-order valence-corrected chi connectivity index (χ2v) is 7.21. The third kappa shape index (κ3) is 3.78. The molecule has 2 fully saturated rings. The predicted octanol–water partition coefficient (Wildman–Crippen LogP) is 3.43. The van der Waals surface area contributed by atoms with Crippen molar-refractivity contribution in [3.8, 4) is 0 Å². The molecule has 5 nitrogen and oxygen atoms in total. The molecule has 1 aromatic heterocycles. The normalized spacial score (nSPS) is 16.9. The minimum Gasteiger partial charge on any atom is -0.353 e. The smallest absolute Gasteiger partial charge is 0.253 e. The first-order chi connectivity index (χ1) is 11.7. The van der Waals surface area contributed by atoms with Crippen LogP contribution in [0, 0.1) is 11.8 Å². The zero-order valence-corrected chi connectivity index (χ0v) is 14.1. The first-order valence-corrected chi connectivity index (χ1v) is 8.82. The van der Waals surface area contributed by atoms with Crippen molar-refractivity contribution in [2.24, 2.45) is 18.9 Å². The lowest BCUT2D eigenvalue weighted by atomic mass is 10.1. The highest BCUT2D eigenvalue weighted by molar-refractivity contribution is 5.95. The van der Waals surface area contributed by atoms with Gasteiger partial charge in [0.15, 0.2) is 0 Å². The Morgan fingerprint density at radius 1 is 1.21 bits per heavy atom. The number of hydrogen-bond donors (Lipinski definition) is 1. The van der Waals surface area contributed by atoms with Crippen molar-refractivity contribution >= 4 is 17.3 Å². The maximum Gasteiger partial charge on any atom is 0.253 e. The van der Waals surface area contributed by atoms with E-state index in [2.05, 4.69) is 15.3 Å². The number of amides is 1. The van der Waals surface area contributed by atoms with E-state index in [1.165, 1.54) is 25.7 Å². The van der Waals surface area contributed by atoms with Crippen molar-refractivity contribution in [3.63, 3.8) is 0 Å². The molecule has 2 aromatic rings. The summed E-state index contributed by atoms with van der Waals surface area (Å²) in [6, 6.07) is 7.79. The van der Waals surface area contributed by atoms with Crippen LogP contribution >= 0.6 is 0 Å². The summed E-state index contributed by atoms with van der Waals surface area (Å²) in [5.41, 5.74) is 2.62. The van der Waals surface area contributed by atoms with Gasteiger partial charge in [-0.1, -0.05) is 6.07 Å². The van der Waals surface area contributed by atoms with Gasteiger partial charge in [0.1, 0.15) is 0 Å². The molecule has 5 heteroatoms. The van der Waals surface area contributed by atoms with E-state index in [1.54, 1.807) is 10.9 Å². The Morgan fingerprint density at radius 3 is 2.50 bits per heavy atom. The van der Waals surface area contributed by atoms with Crippen LogP contribution in [0.2, 0.25) is 0 Å². The second-order valence-electron chi connectivity index (χ2n) is 7.21. The molecule has 24 heavy (non-hydrogen) atoms. The highest BCUT2D eigenvalue weighted by Gasteiger charge is 2.31. The molecule has 0 bridgehead atoms. The van der Waals surface area contributed by atoms with E-state index in [1.807, 2.05) is 37.5 Å². The number of nitrogens with zero attached hydrogens (tertiary/aromatic N) is 3. The number of rotatable bonds is 7. The van der Waals surface area contributed by atoms with Crippen LogP contribution in [0.15, 0.2) is 36.7 Å². The first kappa shape index (κ1) is 15.2. The van der Waals surface area contributed by atoms with Crippen LogP contribution < -0.4 is 5.32 Å². The predicted molar refractivity (Wildman–Crippen MR) is 94.3 cm³/mol. The molecule has 4 rings (SSSR count). The monoisotopic (exact) mass is 324 g/mol. The zero-order valence-electron chi connectivity index (χ0n) is 14.1. The van der Waals surface area contributed by atoms with Crippen LogP contribution in [0.25, 0.3) is 0 Å². The van der Waals surface area contributed by atoms with Gasteiger partial charge in [0.05, 0.1) is 11.9 Å². The van der Waals surface area contributed by atoms with E-state index < -0.39 is 0 Å². The van der Waals surface area contributed by atoms with Crippen molar-refractivity contribution < 1.29 is 4.79 Å². The summed E-state index contributed by atoms with van der Waals surface area (Å²) in [7, 11) is 1.89. The molecular formula is C19H24N4O. The molecule has 1 aromatic carbocycles. The van der Waals surface area contributed by atoms with Crippen molar-refractivity contribution in [1.82, 2.24) is 14.7 Å². The summed E-state index contributed by atoms with van der Waals surface area (Å²) >= 11 is 0. The average Bonchev–Trinajstić information content (AvgIpc) is 3.49. The number of aromatic nitrogens is 2. The van der Waals surface area contributed by atoms with E-state index >= 15 is 0 Å². The molecule has 1 amide bonds. The number of benzene rings is 1. The molecule has 0 unspecified atom stereocenters. The van der Waals surface area contributed by atoms with Crippen LogP contribution in [-0.2, 0) is 7.05 Å². The summed E-state index contributed by atoms with van der Waals surface area (Å²) < 4.78 is 1.75. The fourth-order valence-electron chi connectivity index (χ4n) is 3.03. The lowest BCUT2D eigenvalue weighted by Gasteiger charge is -2.23. The highest BCUT2D eigenvalue weighted by atomic mass is 16.2. The van der Waals surface area contributed by atoms with Gasteiger partial charge in [-0.05, 0) is 55.7 Å². The van der Waals surface area contributed by atoms with Gasteiger partial charge >= 0.3 is 0 Å². The Morgan fingerprint density at radius 2 is 1.92 bits per heavy atom. The van der Waals surface area contributed by atoms with Crippen molar-refractivity contribution in [1.29, 1.82) is 0 Å². The van der Waals surface area contributed by atoms with E-state index in [0.29, 0.717) is 0 Å². The summed E-state index contributed by atoms with van der Waals surface area (Å²) in [4.78, 5) is 15.0. The molecule has 0 saturated heterocycles. The van der Waals surface area contributed by atoms with Crippen molar-refractivity contribution in [2.45, 2.75) is 25.7 Å². The van der Waals surface area contributed by atoms with E-state index in [-0.39, 0.29) is 5.91 Å². The fourth-order valence-corrected chi connectivity index (χ4v) is 3.03. The van der Waals surface area contributed by atoms with E-state index in [9.17, 15) is 4.79 Å². The van der Waals surface area contributed by atoms with Crippen LogP contribution in [0.1, 0.15) is 36.0 Å². The van der Waals surface area contributed by atoms with Crippen LogP contribution in [-0.4, -0.2) is 33.7 Å². The summed E-state index contributed by atoms with van der Waals surface area (Å²) in [6.07, 6.45) is 8.80. The molecule has 1 heterocycles. The topological polar surface area (TPSA) is 50.2 Å². The largest absolute Gasteiger partial charge is 0.353 e. The van der Waals surface area contributed by atoms with Crippen LogP contribution in [0.5, 0.6) is 0 Å². The van der Waals surface area contributed by atoms with Gasteiger partial charge in [-0.3, -0.25) is 9.48 Å². The SMILES string of the molecule is Cn1cc(Nc2cccc(C(=O)N(CC3CC3)CC3CC3)c2)cn1.